The molecule has 1 unspecified atom stereocenters. The lowest BCUT2D eigenvalue weighted by Crippen LogP contribution is -2.41. The molecule has 2 heterocycles. The number of likely N-dealkylation sites (tertiary alicyclic amines) is 1. The molecule has 1 fully saturated rings. The topological polar surface area (TPSA) is 63.7 Å². The summed E-state index contributed by atoms with van der Waals surface area (Å²) in [5.74, 6) is 1.34. The Morgan fingerprint density at radius 1 is 1.16 bits per heavy atom. The van der Waals surface area contributed by atoms with Crippen LogP contribution < -0.4 is 10.1 Å². The second kappa shape index (κ2) is 11.3. The fraction of sp³-hybridized carbons (Fsp3) is 0.520. The first-order valence-electron chi connectivity index (χ1n) is 11.1. The van der Waals surface area contributed by atoms with Gasteiger partial charge in [-0.2, -0.15) is 0 Å². The first kappa shape index (κ1) is 23.2. The van der Waals surface area contributed by atoms with Gasteiger partial charge in [0, 0.05) is 26.3 Å². The highest BCUT2D eigenvalue weighted by atomic mass is 16.5. The van der Waals surface area contributed by atoms with E-state index in [-0.39, 0.29) is 11.9 Å². The van der Waals surface area contributed by atoms with Gasteiger partial charge in [-0.15, -0.1) is 0 Å². The summed E-state index contributed by atoms with van der Waals surface area (Å²) < 4.78 is 10.5. The van der Waals surface area contributed by atoms with E-state index in [0.717, 1.165) is 43.9 Å². The standard InChI is InChI=1S/C25H35N3O3/c1-18-19(2)23(31-4)9-8-21(18)17-28-14-10-20(11-15-28)25(22-7-5-6-13-26-22)27-24(29)12-16-30-3/h5-9,13,20,25H,10-12,14-17H2,1-4H3,(H,27,29). The van der Waals surface area contributed by atoms with Crippen molar-refractivity contribution in [2.75, 3.05) is 33.9 Å². The van der Waals surface area contributed by atoms with E-state index in [1.54, 1.807) is 20.4 Å². The molecule has 0 radical (unpaired) electrons. The number of rotatable bonds is 9. The van der Waals surface area contributed by atoms with Gasteiger partial charge >= 0.3 is 0 Å². The zero-order valence-electron chi connectivity index (χ0n) is 19.2. The van der Waals surface area contributed by atoms with Crippen molar-refractivity contribution in [3.05, 3.63) is 58.9 Å². The Hall–Kier alpha value is -2.44. The van der Waals surface area contributed by atoms with E-state index in [9.17, 15) is 4.79 Å². The first-order valence-corrected chi connectivity index (χ1v) is 11.1. The number of hydrogen-bond donors (Lipinski definition) is 1. The Morgan fingerprint density at radius 2 is 1.94 bits per heavy atom. The van der Waals surface area contributed by atoms with E-state index in [0.29, 0.717) is 18.9 Å². The average molecular weight is 426 g/mol. The fourth-order valence-corrected chi connectivity index (χ4v) is 4.36. The molecule has 31 heavy (non-hydrogen) atoms. The number of ether oxygens (including phenoxy) is 2. The summed E-state index contributed by atoms with van der Waals surface area (Å²) in [5.41, 5.74) is 4.81. The second-order valence-electron chi connectivity index (χ2n) is 8.33. The lowest BCUT2D eigenvalue weighted by Gasteiger charge is -2.36. The van der Waals surface area contributed by atoms with Crippen LogP contribution in [-0.2, 0) is 16.1 Å². The molecular weight excluding hydrogens is 390 g/mol. The number of benzene rings is 1. The van der Waals surface area contributed by atoms with Crippen LogP contribution in [0.25, 0.3) is 0 Å². The zero-order chi connectivity index (χ0) is 22.2. The van der Waals surface area contributed by atoms with Gasteiger partial charge < -0.3 is 14.8 Å². The van der Waals surface area contributed by atoms with Crippen molar-refractivity contribution in [3.8, 4) is 5.75 Å². The Bertz CT molecular complexity index is 849. The zero-order valence-corrected chi connectivity index (χ0v) is 19.2. The maximum absolute atomic E-state index is 12.4. The van der Waals surface area contributed by atoms with Crippen LogP contribution in [0.1, 0.15) is 47.7 Å². The van der Waals surface area contributed by atoms with Gasteiger partial charge in [0.2, 0.25) is 5.91 Å². The minimum atomic E-state index is -0.0577. The highest BCUT2D eigenvalue weighted by Gasteiger charge is 2.30. The molecule has 168 valence electrons. The third kappa shape index (κ3) is 6.05. The molecule has 0 aliphatic carbocycles. The number of piperidine rings is 1. The molecule has 6 nitrogen and oxygen atoms in total. The number of pyridine rings is 1. The van der Waals surface area contributed by atoms with Crippen molar-refractivity contribution in [3.63, 3.8) is 0 Å². The van der Waals surface area contributed by atoms with Gasteiger partial charge in [-0.25, -0.2) is 0 Å². The third-order valence-electron chi connectivity index (χ3n) is 6.42. The van der Waals surface area contributed by atoms with Crippen LogP contribution in [0.4, 0.5) is 0 Å². The minimum absolute atomic E-state index is 0.0178. The van der Waals surface area contributed by atoms with Gasteiger partial charge in [0.15, 0.2) is 0 Å². The quantitative estimate of drug-likeness (QED) is 0.662. The molecule has 2 aromatic rings. The Kier molecular flexibility index (Phi) is 8.43. The molecule has 1 aromatic carbocycles. The number of aromatic nitrogens is 1. The molecular formula is C25H35N3O3. The van der Waals surface area contributed by atoms with Crippen LogP contribution in [0.5, 0.6) is 5.75 Å². The summed E-state index contributed by atoms with van der Waals surface area (Å²) in [6.45, 7) is 7.68. The van der Waals surface area contributed by atoms with Crippen molar-refractivity contribution < 1.29 is 14.3 Å². The van der Waals surface area contributed by atoms with Crippen molar-refractivity contribution in [2.24, 2.45) is 5.92 Å². The monoisotopic (exact) mass is 425 g/mol. The van der Waals surface area contributed by atoms with Crippen molar-refractivity contribution in [1.82, 2.24) is 15.2 Å². The molecule has 1 aliphatic rings. The third-order valence-corrected chi connectivity index (χ3v) is 6.42. The van der Waals surface area contributed by atoms with E-state index in [1.807, 2.05) is 18.2 Å². The molecule has 0 bridgehead atoms. The summed E-state index contributed by atoms with van der Waals surface area (Å²) in [6.07, 6.45) is 4.22. The van der Waals surface area contributed by atoms with E-state index >= 15 is 0 Å². The summed E-state index contributed by atoms with van der Waals surface area (Å²) >= 11 is 0. The number of amides is 1. The lowest BCUT2D eigenvalue weighted by molar-refractivity contribution is -0.123. The van der Waals surface area contributed by atoms with Crippen molar-refractivity contribution in [1.29, 1.82) is 0 Å². The number of nitrogens with zero attached hydrogens (tertiary/aromatic N) is 2. The van der Waals surface area contributed by atoms with E-state index in [4.69, 9.17) is 9.47 Å². The largest absolute Gasteiger partial charge is 0.496 e. The van der Waals surface area contributed by atoms with Crippen LogP contribution >= 0.6 is 0 Å². The maximum atomic E-state index is 12.4. The maximum Gasteiger partial charge on any atom is 0.222 e. The second-order valence-corrected chi connectivity index (χ2v) is 8.33. The highest BCUT2D eigenvalue weighted by Crippen LogP contribution is 2.31. The predicted octanol–water partition coefficient (Wildman–Crippen LogP) is 3.81. The smallest absolute Gasteiger partial charge is 0.222 e. The van der Waals surface area contributed by atoms with Crippen LogP contribution in [-0.4, -0.2) is 49.7 Å². The summed E-state index contributed by atoms with van der Waals surface area (Å²) in [6, 6.07) is 10.1. The predicted molar refractivity (Wildman–Crippen MR) is 122 cm³/mol. The van der Waals surface area contributed by atoms with Crippen molar-refractivity contribution in [2.45, 2.75) is 45.7 Å². The summed E-state index contributed by atoms with van der Waals surface area (Å²) in [5, 5.41) is 3.22. The molecule has 1 atom stereocenters. The molecule has 1 N–H and O–H groups in total. The van der Waals surface area contributed by atoms with Crippen LogP contribution in [0.2, 0.25) is 0 Å². The number of nitrogens with one attached hydrogen (secondary N) is 1. The van der Waals surface area contributed by atoms with E-state index in [2.05, 4.69) is 41.2 Å². The normalized spacial score (nSPS) is 16.1. The van der Waals surface area contributed by atoms with E-state index < -0.39 is 0 Å². The number of carbonyl (C=O) groups excluding carboxylic acids is 1. The van der Waals surface area contributed by atoms with Crippen LogP contribution in [0, 0.1) is 19.8 Å². The van der Waals surface area contributed by atoms with Gasteiger partial charge in [0.25, 0.3) is 0 Å². The number of methoxy groups -OCH3 is 2. The van der Waals surface area contributed by atoms with Gasteiger partial charge in [-0.3, -0.25) is 14.7 Å². The molecule has 0 saturated carbocycles. The van der Waals surface area contributed by atoms with Gasteiger partial charge in [0.05, 0.1) is 25.5 Å². The van der Waals surface area contributed by atoms with Crippen molar-refractivity contribution >= 4 is 5.91 Å². The Labute approximate surface area is 186 Å². The fourth-order valence-electron chi connectivity index (χ4n) is 4.36. The van der Waals surface area contributed by atoms with Gasteiger partial charge in [0.1, 0.15) is 5.75 Å². The van der Waals surface area contributed by atoms with Crippen LogP contribution in [0.15, 0.2) is 36.5 Å². The molecule has 1 aromatic heterocycles. The number of hydrogen-bond acceptors (Lipinski definition) is 5. The Morgan fingerprint density at radius 3 is 2.58 bits per heavy atom. The molecule has 1 aliphatic heterocycles. The van der Waals surface area contributed by atoms with Crippen LogP contribution in [0.3, 0.4) is 0 Å². The molecule has 1 saturated heterocycles. The SMILES string of the molecule is COCCC(=O)NC(c1ccccn1)C1CCN(Cc2ccc(OC)c(C)c2C)CC1. The van der Waals surface area contributed by atoms with E-state index in [1.165, 1.54) is 16.7 Å². The minimum Gasteiger partial charge on any atom is -0.496 e. The molecule has 0 spiro atoms. The number of carbonyl (C=O) groups is 1. The molecule has 1 amide bonds. The summed E-state index contributed by atoms with van der Waals surface area (Å²) in [7, 11) is 3.34. The average Bonchev–Trinajstić information content (AvgIpc) is 2.80. The summed E-state index contributed by atoms with van der Waals surface area (Å²) in [4.78, 5) is 19.5. The molecule has 6 heteroatoms. The molecule has 3 rings (SSSR count). The van der Waals surface area contributed by atoms with Gasteiger partial charge in [-0.1, -0.05) is 12.1 Å². The Balaban J connectivity index is 1.64. The van der Waals surface area contributed by atoms with Gasteiger partial charge in [-0.05, 0) is 80.6 Å². The lowest BCUT2D eigenvalue weighted by atomic mass is 9.86. The highest BCUT2D eigenvalue weighted by molar-refractivity contribution is 5.76. The first-order chi connectivity index (χ1) is 15.0.